The fourth-order valence-corrected chi connectivity index (χ4v) is 3.53. The second-order valence-corrected chi connectivity index (χ2v) is 7.45. The lowest BCUT2D eigenvalue weighted by Gasteiger charge is -2.18. The van der Waals surface area contributed by atoms with Gasteiger partial charge in [0.05, 0.1) is 5.69 Å². The summed E-state index contributed by atoms with van der Waals surface area (Å²) in [6.45, 7) is 8.71. The van der Waals surface area contributed by atoms with Crippen molar-refractivity contribution in [1.82, 2.24) is 14.9 Å². The number of hydrogen-bond acceptors (Lipinski definition) is 3. The van der Waals surface area contributed by atoms with Crippen LogP contribution >= 0.6 is 0 Å². The molecule has 0 radical (unpaired) electrons. The Morgan fingerprint density at radius 3 is 2.52 bits per heavy atom. The fraction of sp³-hybridized carbons (Fsp3) is 0.476. The molecule has 1 unspecified atom stereocenters. The van der Waals surface area contributed by atoms with E-state index >= 15 is 0 Å². The van der Waals surface area contributed by atoms with E-state index in [9.17, 15) is 9.59 Å². The molecule has 6 heteroatoms. The van der Waals surface area contributed by atoms with Crippen molar-refractivity contribution in [3.63, 3.8) is 0 Å². The lowest BCUT2D eigenvalue weighted by atomic mass is 10.1. The molecule has 2 amide bonds. The van der Waals surface area contributed by atoms with Crippen molar-refractivity contribution in [2.45, 2.75) is 66.0 Å². The molecule has 1 atom stereocenters. The van der Waals surface area contributed by atoms with Crippen molar-refractivity contribution in [2.24, 2.45) is 0 Å². The molecule has 0 bridgehead atoms. The maximum Gasteiger partial charge on any atom is 0.287 e. The minimum Gasteiger partial charge on any atom is -0.347 e. The standard InChI is InChI=1S/C21H28N4O2/c1-5-15(4)22-21(27)19-24-18(17-8-6-7-9-25(17)19)20(26)23-16-11-13(2)10-14(3)12-16/h10-12,15H,5-9H2,1-4H3,(H,22,27)(H,23,26). The number of amides is 2. The summed E-state index contributed by atoms with van der Waals surface area (Å²) in [5, 5.41) is 5.91. The van der Waals surface area contributed by atoms with Crippen LogP contribution in [0.4, 0.5) is 5.69 Å². The van der Waals surface area contributed by atoms with Crippen LogP contribution in [-0.4, -0.2) is 27.4 Å². The topological polar surface area (TPSA) is 76.0 Å². The number of imidazole rings is 1. The first-order valence-electron chi connectivity index (χ1n) is 9.69. The van der Waals surface area contributed by atoms with Crippen LogP contribution in [0, 0.1) is 13.8 Å². The van der Waals surface area contributed by atoms with E-state index in [0.717, 1.165) is 54.7 Å². The zero-order chi connectivity index (χ0) is 19.6. The van der Waals surface area contributed by atoms with Gasteiger partial charge in [0, 0.05) is 18.3 Å². The van der Waals surface area contributed by atoms with Gasteiger partial charge >= 0.3 is 0 Å². The fourth-order valence-electron chi connectivity index (χ4n) is 3.53. The van der Waals surface area contributed by atoms with Gasteiger partial charge in [-0.05, 0) is 69.7 Å². The molecule has 1 aliphatic heterocycles. The molecule has 1 aromatic carbocycles. The van der Waals surface area contributed by atoms with Gasteiger partial charge in [-0.2, -0.15) is 0 Å². The van der Waals surface area contributed by atoms with Gasteiger partial charge in [-0.15, -0.1) is 0 Å². The SMILES string of the molecule is CCC(C)NC(=O)c1nc(C(=O)Nc2cc(C)cc(C)c2)c2n1CCCC2. The molecule has 2 heterocycles. The number of carbonyl (C=O) groups is 2. The highest BCUT2D eigenvalue weighted by atomic mass is 16.2. The average Bonchev–Trinajstić information content (AvgIpc) is 3.00. The minimum absolute atomic E-state index is 0.0709. The van der Waals surface area contributed by atoms with Gasteiger partial charge < -0.3 is 15.2 Å². The van der Waals surface area contributed by atoms with Crippen LogP contribution in [0.3, 0.4) is 0 Å². The zero-order valence-corrected chi connectivity index (χ0v) is 16.6. The van der Waals surface area contributed by atoms with E-state index < -0.39 is 0 Å². The minimum atomic E-state index is -0.256. The summed E-state index contributed by atoms with van der Waals surface area (Å²) in [4.78, 5) is 30.0. The van der Waals surface area contributed by atoms with Gasteiger partial charge in [0.2, 0.25) is 0 Å². The number of anilines is 1. The van der Waals surface area contributed by atoms with E-state index in [0.29, 0.717) is 11.5 Å². The maximum atomic E-state index is 12.9. The Labute approximate surface area is 160 Å². The lowest BCUT2D eigenvalue weighted by Crippen LogP contribution is -2.34. The van der Waals surface area contributed by atoms with Gasteiger partial charge in [-0.1, -0.05) is 13.0 Å². The molecule has 2 N–H and O–H groups in total. The largest absolute Gasteiger partial charge is 0.347 e. The molecule has 1 aliphatic rings. The first-order chi connectivity index (χ1) is 12.9. The van der Waals surface area contributed by atoms with E-state index in [1.165, 1.54) is 0 Å². The third-order valence-electron chi connectivity index (χ3n) is 5.01. The number of fused-ring (bicyclic) bond motifs is 1. The average molecular weight is 368 g/mol. The molecule has 0 saturated heterocycles. The molecule has 0 saturated carbocycles. The van der Waals surface area contributed by atoms with Crippen molar-refractivity contribution >= 4 is 17.5 Å². The Kier molecular flexibility index (Phi) is 5.63. The number of benzene rings is 1. The molecule has 0 aliphatic carbocycles. The van der Waals surface area contributed by atoms with Crippen molar-refractivity contribution in [2.75, 3.05) is 5.32 Å². The highest BCUT2D eigenvalue weighted by Gasteiger charge is 2.27. The normalized spacial score (nSPS) is 14.4. The first-order valence-corrected chi connectivity index (χ1v) is 9.69. The van der Waals surface area contributed by atoms with Crippen LogP contribution in [0.25, 0.3) is 0 Å². The highest BCUT2D eigenvalue weighted by Crippen LogP contribution is 2.23. The zero-order valence-electron chi connectivity index (χ0n) is 16.6. The molecular formula is C21H28N4O2. The summed E-state index contributed by atoms with van der Waals surface area (Å²) in [6, 6.07) is 6.00. The Balaban J connectivity index is 1.90. The first kappa shape index (κ1) is 19.1. The molecule has 6 nitrogen and oxygen atoms in total. The molecule has 1 aromatic heterocycles. The van der Waals surface area contributed by atoms with Crippen LogP contribution in [0.15, 0.2) is 18.2 Å². The predicted octanol–water partition coefficient (Wildman–Crippen LogP) is 3.62. The Hall–Kier alpha value is -2.63. The molecule has 0 spiro atoms. The van der Waals surface area contributed by atoms with Crippen molar-refractivity contribution in [3.05, 3.63) is 46.5 Å². The van der Waals surface area contributed by atoms with E-state index in [2.05, 4.69) is 21.7 Å². The summed E-state index contributed by atoms with van der Waals surface area (Å²) in [6.07, 6.45) is 3.60. The second kappa shape index (κ2) is 7.94. The number of aryl methyl sites for hydroxylation is 2. The van der Waals surface area contributed by atoms with Gasteiger partial charge in [-0.25, -0.2) is 4.98 Å². The molecule has 27 heavy (non-hydrogen) atoms. The van der Waals surface area contributed by atoms with E-state index in [1.54, 1.807) is 0 Å². The molecule has 144 valence electrons. The third-order valence-corrected chi connectivity index (χ3v) is 5.01. The summed E-state index contributed by atoms with van der Waals surface area (Å²) in [7, 11) is 0. The number of hydrogen-bond donors (Lipinski definition) is 2. The number of carbonyl (C=O) groups excluding carboxylic acids is 2. The summed E-state index contributed by atoms with van der Waals surface area (Å²) >= 11 is 0. The molecule has 2 aromatic rings. The Bertz CT molecular complexity index is 849. The van der Waals surface area contributed by atoms with Crippen LogP contribution in [0.2, 0.25) is 0 Å². The third kappa shape index (κ3) is 4.21. The highest BCUT2D eigenvalue weighted by molar-refractivity contribution is 6.05. The number of aromatic nitrogens is 2. The second-order valence-electron chi connectivity index (χ2n) is 7.45. The van der Waals surface area contributed by atoms with Crippen LogP contribution in [0.5, 0.6) is 0 Å². The molecular weight excluding hydrogens is 340 g/mol. The Morgan fingerprint density at radius 1 is 1.15 bits per heavy atom. The number of nitrogens with zero attached hydrogens (tertiary/aromatic N) is 2. The van der Waals surface area contributed by atoms with Crippen molar-refractivity contribution in [1.29, 1.82) is 0 Å². The van der Waals surface area contributed by atoms with E-state index in [-0.39, 0.29) is 17.9 Å². The van der Waals surface area contributed by atoms with E-state index in [1.807, 2.05) is 44.4 Å². The summed E-state index contributed by atoms with van der Waals surface area (Å²) < 4.78 is 1.91. The lowest BCUT2D eigenvalue weighted by molar-refractivity contribution is 0.0923. The number of nitrogens with one attached hydrogen (secondary N) is 2. The van der Waals surface area contributed by atoms with Crippen LogP contribution in [-0.2, 0) is 13.0 Å². The molecule has 0 fully saturated rings. The Morgan fingerprint density at radius 2 is 1.85 bits per heavy atom. The van der Waals surface area contributed by atoms with Gasteiger partial charge in [0.25, 0.3) is 11.8 Å². The maximum absolute atomic E-state index is 12.9. The van der Waals surface area contributed by atoms with E-state index in [4.69, 9.17) is 0 Å². The van der Waals surface area contributed by atoms with Gasteiger partial charge in [-0.3, -0.25) is 9.59 Å². The smallest absolute Gasteiger partial charge is 0.287 e. The molecule has 3 rings (SSSR count). The predicted molar refractivity (Wildman–Crippen MR) is 106 cm³/mol. The summed E-state index contributed by atoms with van der Waals surface area (Å²) in [5.41, 5.74) is 4.15. The van der Waals surface area contributed by atoms with Gasteiger partial charge in [0.1, 0.15) is 0 Å². The monoisotopic (exact) mass is 368 g/mol. The van der Waals surface area contributed by atoms with Gasteiger partial charge in [0.15, 0.2) is 11.5 Å². The van der Waals surface area contributed by atoms with Crippen molar-refractivity contribution in [3.8, 4) is 0 Å². The number of rotatable bonds is 5. The quantitative estimate of drug-likeness (QED) is 0.846. The van der Waals surface area contributed by atoms with Crippen LogP contribution in [0.1, 0.15) is 71.0 Å². The summed E-state index contributed by atoms with van der Waals surface area (Å²) in [5.74, 6) is -0.123. The van der Waals surface area contributed by atoms with Crippen molar-refractivity contribution < 1.29 is 9.59 Å². The van der Waals surface area contributed by atoms with Crippen LogP contribution < -0.4 is 10.6 Å².